The van der Waals surface area contributed by atoms with E-state index in [-0.39, 0.29) is 18.1 Å². The van der Waals surface area contributed by atoms with Gasteiger partial charge in [0, 0.05) is 29.7 Å². The average Bonchev–Trinajstić information content (AvgIpc) is 3.49. The molecule has 1 atom stereocenters. The van der Waals surface area contributed by atoms with Crippen molar-refractivity contribution in [3.8, 4) is 0 Å². The lowest BCUT2D eigenvalue weighted by atomic mass is 10.0. The second-order valence-electron chi connectivity index (χ2n) is 7.08. The topological polar surface area (TPSA) is 113 Å². The minimum atomic E-state index is -0.986. The first-order valence-corrected chi connectivity index (χ1v) is 11.2. The summed E-state index contributed by atoms with van der Waals surface area (Å²) >= 11 is 7.04. The first-order chi connectivity index (χ1) is 16.0. The molecule has 0 aliphatic heterocycles. The Kier molecular flexibility index (Phi) is 7.01. The number of carbonyl (C=O) groups excluding carboxylic acids is 3. The number of nitrogens with zero attached hydrogens (tertiary/aromatic N) is 1. The molecule has 4 aromatic rings. The predicted octanol–water partition coefficient (Wildman–Crippen LogP) is 3.80. The monoisotopic (exact) mass is 482 g/mol. The minimum Gasteiger partial charge on any atom is -0.454 e. The average molecular weight is 483 g/mol. The molecule has 0 fully saturated rings. The number of esters is 1. The van der Waals surface area contributed by atoms with Gasteiger partial charge in [-0.3, -0.25) is 9.59 Å². The molecule has 33 heavy (non-hydrogen) atoms. The molecule has 0 aliphatic rings. The zero-order valence-corrected chi connectivity index (χ0v) is 18.8. The van der Waals surface area contributed by atoms with Crippen LogP contribution in [0.1, 0.15) is 15.2 Å². The van der Waals surface area contributed by atoms with Crippen LogP contribution in [0.3, 0.4) is 0 Å². The first kappa shape index (κ1) is 22.5. The van der Waals surface area contributed by atoms with Crippen molar-refractivity contribution in [3.05, 3.63) is 81.8 Å². The Hall–Kier alpha value is -3.69. The maximum atomic E-state index is 12.9. The Labute approximate surface area is 197 Å². The summed E-state index contributed by atoms with van der Waals surface area (Å²) in [4.78, 5) is 45.2. The number of H-pyrrole nitrogens is 1. The second kappa shape index (κ2) is 10.3. The number of benzene rings is 1. The summed E-state index contributed by atoms with van der Waals surface area (Å²) in [5, 5.41) is 8.39. The van der Waals surface area contributed by atoms with Gasteiger partial charge in [-0.05, 0) is 35.2 Å². The van der Waals surface area contributed by atoms with Crippen molar-refractivity contribution in [2.45, 2.75) is 12.5 Å². The molecule has 0 saturated heterocycles. The number of rotatable bonds is 8. The number of hydrogen-bond donors (Lipinski definition) is 3. The van der Waals surface area contributed by atoms with Gasteiger partial charge in [0.15, 0.2) is 6.61 Å². The molecule has 168 valence electrons. The number of anilines is 1. The molecule has 0 radical (unpaired) electrons. The number of carbonyl (C=O) groups is 3. The van der Waals surface area contributed by atoms with Gasteiger partial charge in [-0.2, -0.15) is 0 Å². The molecular weight excluding hydrogens is 464 g/mol. The quantitative estimate of drug-likeness (QED) is 0.330. The van der Waals surface area contributed by atoms with E-state index in [0.717, 1.165) is 16.5 Å². The first-order valence-electron chi connectivity index (χ1n) is 9.97. The van der Waals surface area contributed by atoms with E-state index in [2.05, 4.69) is 20.6 Å². The summed E-state index contributed by atoms with van der Waals surface area (Å²) in [7, 11) is 0. The van der Waals surface area contributed by atoms with Crippen molar-refractivity contribution in [2.75, 3.05) is 11.9 Å². The van der Waals surface area contributed by atoms with Crippen LogP contribution in [-0.2, 0) is 20.7 Å². The molecule has 3 aromatic heterocycles. The van der Waals surface area contributed by atoms with Crippen LogP contribution in [0, 0.1) is 0 Å². The predicted molar refractivity (Wildman–Crippen MR) is 126 cm³/mol. The fourth-order valence-corrected chi connectivity index (χ4v) is 3.96. The van der Waals surface area contributed by atoms with Crippen molar-refractivity contribution in [1.82, 2.24) is 15.3 Å². The lowest BCUT2D eigenvalue weighted by Gasteiger charge is -2.17. The summed E-state index contributed by atoms with van der Waals surface area (Å²) in [5.74, 6) is -1.39. The maximum absolute atomic E-state index is 12.9. The van der Waals surface area contributed by atoms with E-state index in [4.69, 9.17) is 16.3 Å². The summed E-state index contributed by atoms with van der Waals surface area (Å²) in [6.07, 6.45) is 3.38. The molecule has 0 bridgehead atoms. The van der Waals surface area contributed by atoms with Gasteiger partial charge in [0.1, 0.15) is 11.9 Å². The molecule has 8 nitrogen and oxygen atoms in total. The SMILES string of the molecule is O=C(COC(=O)[C@H](Cc1c[nH]c2ccccc12)NC(=O)c1cccs1)Nc1ccc(Cl)cn1. The summed E-state index contributed by atoms with van der Waals surface area (Å²) < 4.78 is 5.21. The van der Waals surface area contributed by atoms with Crippen molar-refractivity contribution in [2.24, 2.45) is 0 Å². The van der Waals surface area contributed by atoms with E-state index in [9.17, 15) is 14.4 Å². The molecule has 3 heterocycles. The number of para-hydroxylation sites is 1. The third kappa shape index (κ3) is 5.76. The Bertz CT molecular complexity index is 1270. The second-order valence-corrected chi connectivity index (χ2v) is 8.47. The van der Waals surface area contributed by atoms with Crippen LogP contribution in [0.25, 0.3) is 10.9 Å². The molecular formula is C23H19ClN4O4S. The third-order valence-electron chi connectivity index (χ3n) is 4.77. The van der Waals surface area contributed by atoms with Gasteiger partial charge in [-0.15, -0.1) is 11.3 Å². The van der Waals surface area contributed by atoms with Crippen LogP contribution in [0.5, 0.6) is 0 Å². The van der Waals surface area contributed by atoms with Crippen LogP contribution in [0.4, 0.5) is 5.82 Å². The van der Waals surface area contributed by atoms with E-state index in [0.29, 0.717) is 9.90 Å². The van der Waals surface area contributed by atoms with Gasteiger partial charge >= 0.3 is 5.97 Å². The molecule has 2 amide bonds. The fourth-order valence-electron chi connectivity index (χ4n) is 3.22. The lowest BCUT2D eigenvalue weighted by molar-refractivity contribution is -0.149. The molecule has 0 spiro atoms. The number of halogens is 1. The standard InChI is InChI=1S/C23H19ClN4O4S/c24-15-7-8-20(26-12-15)28-21(29)13-32-23(31)18(27-22(30)19-6-3-9-33-19)10-14-11-25-17-5-2-1-4-16(14)17/h1-9,11-12,18,25H,10,13H2,(H,27,30)(H,26,28,29)/t18-/m0/s1. The van der Waals surface area contributed by atoms with Crippen LogP contribution >= 0.6 is 22.9 Å². The molecule has 3 N–H and O–H groups in total. The van der Waals surface area contributed by atoms with E-state index >= 15 is 0 Å². The van der Waals surface area contributed by atoms with Crippen molar-refractivity contribution in [3.63, 3.8) is 0 Å². The van der Waals surface area contributed by atoms with Gasteiger partial charge in [0.05, 0.1) is 9.90 Å². The van der Waals surface area contributed by atoms with Crippen LogP contribution in [-0.4, -0.2) is 40.4 Å². The number of aromatic nitrogens is 2. The summed E-state index contributed by atoms with van der Waals surface area (Å²) in [6, 6.07) is 13.2. The molecule has 0 unspecified atom stereocenters. The normalized spacial score (nSPS) is 11.7. The molecule has 0 saturated carbocycles. The highest BCUT2D eigenvalue weighted by Gasteiger charge is 2.25. The number of aromatic amines is 1. The lowest BCUT2D eigenvalue weighted by Crippen LogP contribution is -2.43. The Morgan fingerprint density at radius 3 is 2.73 bits per heavy atom. The number of fused-ring (bicyclic) bond motifs is 1. The van der Waals surface area contributed by atoms with Gasteiger partial charge < -0.3 is 20.4 Å². The minimum absolute atomic E-state index is 0.195. The number of amides is 2. The highest BCUT2D eigenvalue weighted by molar-refractivity contribution is 7.12. The van der Waals surface area contributed by atoms with Crippen molar-refractivity contribution < 1.29 is 19.1 Å². The van der Waals surface area contributed by atoms with Crippen LogP contribution in [0.2, 0.25) is 5.02 Å². The van der Waals surface area contributed by atoms with E-state index < -0.39 is 24.5 Å². The molecule has 4 rings (SSSR count). The summed E-state index contributed by atoms with van der Waals surface area (Å²) in [6.45, 7) is -0.525. The van der Waals surface area contributed by atoms with Gasteiger partial charge in [-0.1, -0.05) is 35.9 Å². The number of ether oxygens (including phenoxy) is 1. The largest absolute Gasteiger partial charge is 0.454 e. The van der Waals surface area contributed by atoms with Crippen LogP contribution < -0.4 is 10.6 Å². The maximum Gasteiger partial charge on any atom is 0.329 e. The van der Waals surface area contributed by atoms with Gasteiger partial charge in [0.25, 0.3) is 11.8 Å². The number of pyridine rings is 1. The number of nitrogens with one attached hydrogen (secondary N) is 3. The third-order valence-corrected chi connectivity index (χ3v) is 5.87. The number of hydrogen-bond acceptors (Lipinski definition) is 6. The fraction of sp³-hybridized carbons (Fsp3) is 0.130. The zero-order valence-electron chi connectivity index (χ0n) is 17.2. The summed E-state index contributed by atoms with van der Waals surface area (Å²) in [5.41, 5.74) is 1.76. The highest BCUT2D eigenvalue weighted by Crippen LogP contribution is 2.20. The highest BCUT2D eigenvalue weighted by atomic mass is 35.5. The Morgan fingerprint density at radius 1 is 1.12 bits per heavy atom. The Morgan fingerprint density at radius 2 is 1.97 bits per heavy atom. The smallest absolute Gasteiger partial charge is 0.329 e. The molecule has 10 heteroatoms. The van der Waals surface area contributed by atoms with E-state index in [1.807, 2.05) is 24.3 Å². The zero-order chi connectivity index (χ0) is 23.2. The van der Waals surface area contributed by atoms with Gasteiger partial charge in [-0.25, -0.2) is 9.78 Å². The number of thiophene rings is 1. The molecule has 1 aromatic carbocycles. The Balaban J connectivity index is 1.44. The van der Waals surface area contributed by atoms with Crippen molar-refractivity contribution in [1.29, 1.82) is 0 Å². The van der Waals surface area contributed by atoms with Crippen LogP contribution in [0.15, 0.2) is 66.3 Å². The van der Waals surface area contributed by atoms with Gasteiger partial charge in [0.2, 0.25) is 0 Å². The molecule has 0 aliphatic carbocycles. The van der Waals surface area contributed by atoms with E-state index in [1.54, 1.807) is 29.8 Å². The van der Waals surface area contributed by atoms with Crippen molar-refractivity contribution >= 4 is 57.4 Å². The van der Waals surface area contributed by atoms with E-state index in [1.165, 1.54) is 23.6 Å².